The molecule has 18 heavy (non-hydrogen) atoms. The molecule has 1 unspecified atom stereocenters. The molecule has 3 heteroatoms. The van der Waals surface area contributed by atoms with Crippen molar-refractivity contribution < 1.29 is 9.13 Å². The first kappa shape index (κ1) is 15.5. The Kier molecular flexibility index (Phi) is 7.33. The summed E-state index contributed by atoms with van der Waals surface area (Å²) in [6.45, 7) is 2.21. The second-order valence-corrected chi connectivity index (χ2v) is 5.66. The highest BCUT2D eigenvalue weighted by Gasteiger charge is 2.13. The first-order valence-corrected chi connectivity index (χ1v) is 7.58. The Morgan fingerprint density at radius 2 is 1.94 bits per heavy atom. The summed E-state index contributed by atoms with van der Waals surface area (Å²) in [5, 5.41) is 0. The molecule has 0 bridgehead atoms. The zero-order chi connectivity index (χ0) is 13.4. The van der Waals surface area contributed by atoms with Crippen LogP contribution in [0.15, 0.2) is 18.2 Å². The largest absolute Gasteiger partial charge is 0.496 e. The van der Waals surface area contributed by atoms with Crippen LogP contribution in [0.2, 0.25) is 0 Å². The lowest BCUT2D eigenvalue weighted by Crippen LogP contribution is -1.96. The maximum atomic E-state index is 13.3. The number of halogens is 2. The van der Waals surface area contributed by atoms with Gasteiger partial charge in [0.25, 0.3) is 0 Å². The van der Waals surface area contributed by atoms with Gasteiger partial charge in [-0.15, -0.1) is 0 Å². The van der Waals surface area contributed by atoms with E-state index >= 15 is 0 Å². The molecule has 0 heterocycles. The van der Waals surface area contributed by atoms with Gasteiger partial charge >= 0.3 is 0 Å². The first-order chi connectivity index (χ1) is 8.69. The second kappa shape index (κ2) is 8.52. The maximum absolute atomic E-state index is 13.3. The van der Waals surface area contributed by atoms with E-state index in [-0.39, 0.29) is 10.6 Å². The minimum atomic E-state index is -0.207. The average molecular weight is 317 g/mol. The molecule has 1 atom stereocenters. The van der Waals surface area contributed by atoms with Crippen LogP contribution in [0.4, 0.5) is 4.39 Å². The van der Waals surface area contributed by atoms with Crippen LogP contribution < -0.4 is 4.74 Å². The number of hydrogen-bond acceptors (Lipinski definition) is 1. The van der Waals surface area contributed by atoms with Crippen molar-refractivity contribution in [3.8, 4) is 5.75 Å². The summed E-state index contributed by atoms with van der Waals surface area (Å²) in [4.78, 5) is 0.171. The van der Waals surface area contributed by atoms with Crippen LogP contribution in [0.25, 0.3) is 0 Å². The zero-order valence-electron chi connectivity index (χ0n) is 11.2. The highest BCUT2D eigenvalue weighted by atomic mass is 79.9. The topological polar surface area (TPSA) is 9.23 Å². The molecule has 1 aromatic rings. The van der Waals surface area contributed by atoms with Crippen LogP contribution >= 0.6 is 15.9 Å². The number of benzene rings is 1. The Morgan fingerprint density at radius 3 is 2.61 bits per heavy atom. The van der Waals surface area contributed by atoms with Crippen molar-refractivity contribution in [2.45, 2.75) is 50.3 Å². The standard InChI is InChI=1S/C15H22BrFO/c1-3-4-5-6-7-8-14(16)13-11-12(17)9-10-15(13)18-2/h9-11,14H,3-8H2,1-2H3. The number of methoxy groups -OCH3 is 1. The highest BCUT2D eigenvalue weighted by Crippen LogP contribution is 2.35. The van der Waals surface area contributed by atoms with Crippen LogP contribution in [0.3, 0.4) is 0 Å². The fourth-order valence-electron chi connectivity index (χ4n) is 2.03. The Labute approximate surface area is 118 Å². The van der Waals surface area contributed by atoms with Crippen molar-refractivity contribution in [2.75, 3.05) is 7.11 Å². The number of ether oxygens (including phenoxy) is 1. The number of rotatable bonds is 8. The number of hydrogen-bond donors (Lipinski definition) is 0. The van der Waals surface area contributed by atoms with E-state index < -0.39 is 0 Å². The van der Waals surface area contributed by atoms with Gasteiger partial charge < -0.3 is 4.74 Å². The van der Waals surface area contributed by atoms with E-state index in [4.69, 9.17) is 4.74 Å². The van der Waals surface area contributed by atoms with Gasteiger partial charge in [0, 0.05) is 10.4 Å². The summed E-state index contributed by atoms with van der Waals surface area (Å²) in [5.74, 6) is 0.549. The predicted octanol–water partition coefficient (Wildman–Crippen LogP) is 5.63. The van der Waals surface area contributed by atoms with Gasteiger partial charge in [0.1, 0.15) is 11.6 Å². The summed E-state index contributed by atoms with van der Waals surface area (Å²) in [6, 6.07) is 4.68. The monoisotopic (exact) mass is 316 g/mol. The van der Waals surface area contributed by atoms with Crippen molar-refractivity contribution in [3.63, 3.8) is 0 Å². The summed E-state index contributed by atoms with van der Waals surface area (Å²) >= 11 is 3.63. The van der Waals surface area contributed by atoms with Crippen LogP contribution in [0.1, 0.15) is 55.8 Å². The van der Waals surface area contributed by atoms with Gasteiger partial charge in [0.15, 0.2) is 0 Å². The van der Waals surface area contributed by atoms with Crippen LogP contribution in [-0.2, 0) is 0 Å². The summed E-state index contributed by atoms with van der Waals surface area (Å²) in [5.41, 5.74) is 0.910. The SMILES string of the molecule is CCCCCCCC(Br)c1cc(F)ccc1OC. The van der Waals surface area contributed by atoms with E-state index in [0.29, 0.717) is 0 Å². The third-order valence-electron chi connectivity index (χ3n) is 3.09. The molecule has 0 fully saturated rings. The third kappa shape index (κ3) is 4.97. The van der Waals surface area contributed by atoms with E-state index in [0.717, 1.165) is 24.2 Å². The lowest BCUT2D eigenvalue weighted by atomic mass is 10.0. The first-order valence-electron chi connectivity index (χ1n) is 6.66. The lowest BCUT2D eigenvalue weighted by molar-refractivity contribution is 0.407. The normalized spacial score (nSPS) is 12.4. The van der Waals surface area contributed by atoms with E-state index in [1.165, 1.54) is 31.7 Å². The van der Waals surface area contributed by atoms with Gasteiger partial charge in [-0.2, -0.15) is 0 Å². The van der Waals surface area contributed by atoms with Crippen LogP contribution in [0.5, 0.6) is 5.75 Å². The van der Waals surface area contributed by atoms with E-state index in [9.17, 15) is 4.39 Å². The van der Waals surface area contributed by atoms with Gasteiger partial charge in [-0.3, -0.25) is 0 Å². The third-order valence-corrected chi connectivity index (χ3v) is 4.04. The zero-order valence-corrected chi connectivity index (χ0v) is 12.8. The molecule has 0 aromatic heterocycles. The average Bonchev–Trinajstić information content (AvgIpc) is 2.38. The molecular weight excluding hydrogens is 295 g/mol. The molecule has 0 aliphatic carbocycles. The fourth-order valence-corrected chi connectivity index (χ4v) is 2.71. The quantitative estimate of drug-likeness (QED) is 0.446. The summed E-state index contributed by atoms with van der Waals surface area (Å²) in [6.07, 6.45) is 7.27. The maximum Gasteiger partial charge on any atom is 0.123 e. The molecule has 1 nitrogen and oxygen atoms in total. The molecule has 1 aromatic carbocycles. The molecule has 0 aliphatic heterocycles. The van der Waals surface area contributed by atoms with Crippen molar-refractivity contribution in [1.29, 1.82) is 0 Å². The predicted molar refractivity (Wildman–Crippen MR) is 78.0 cm³/mol. The molecule has 0 amide bonds. The van der Waals surface area contributed by atoms with Crippen molar-refractivity contribution in [1.82, 2.24) is 0 Å². The Balaban J connectivity index is 2.49. The van der Waals surface area contributed by atoms with E-state index in [1.54, 1.807) is 19.2 Å². The van der Waals surface area contributed by atoms with Gasteiger partial charge in [0.2, 0.25) is 0 Å². The van der Waals surface area contributed by atoms with Gasteiger partial charge in [-0.25, -0.2) is 4.39 Å². The van der Waals surface area contributed by atoms with Crippen LogP contribution in [-0.4, -0.2) is 7.11 Å². The lowest BCUT2D eigenvalue weighted by Gasteiger charge is -2.14. The smallest absolute Gasteiger partial charge is 0.123 e. The highest BCUT2D eigenvalue weighted by molar-refractivity contribution is 9.09. The van der Waals surface area contributed by atoms with Gasteiger partial charge in [0.05, 0.1) is 7.11 Å². The molecular formula is C15H22BrFO. The summed E-state index contributed by atoms with van der Waals surface area (Å²) in [7, 11) is 1.62. The van der Waals surface area contributed by atoms with E-state index in [1.807, 2.05) is 0 Å². The van der Waals surface area contributed by atoms with Crippen molar-refractivity contribution in [2.24, 2.45) is 0 Å². The van der Waals surface area contributed by atoms with Gasteiger partial charge in [-0.1, -0.05) is 55.0 Å². The molecule has 0 aliphatic rings. The molecule has 0 saturated heterocycles. The molecule has 0 saturated carbocycles. The van der Waals surface area contributed by atoms with E-state index in [2.05, 4.69) is 22.9 Å². The molecule has 1 rings (SSSR count). The fraction of sp³-hybridized carbons (Fsp3) is 0.600. The van der Waals surface area contributed by atoms with Crippen molar-refractivity contribution in [3.05, 3.63) is 29.6 Å². The molecule has 102 valence electrons. The Hall–Kier alpha value is -0.570. The Morgan fingerprint density at radius 1 is 1.22 bits per heavy atom. The second-order valence-electron chi connectivity index (χ2n) is 4.56. The molecule has 0 radical (unpaired) electrons. The van der Waals surface area contributed by atoms with Crippen LogP contribution in [0, 0.1) is 5.82 Å². The minimum Gasteiger partial charge on any atom is -0.496 e. The molecule has 0 N–H and O–H groups in total. The summed E-state index contributed by atoms with van der Waals surface area (Å²) < 4.78 is 18.5. The number of alkyl halides is 1. The Bertz CT molecular complexity index is 354. The van der Waals surface area contributed by atoms with Gasteiger partial charge in [-0.05, 0) is 24.6 Å². The van der Waals surface area contributed by atoms with Crippen molar-refractivity contribution >= 4 is 15.9 Å². The minimum absolute atomic E-state index is 0.171. The number of unbranched alkanes of at least 4 members (excludes halogenated alkanes) is 4. The molecule has 0 spiro atoms.